The lowest BCUT2D eigenvalue weighted by molar-refractivity contribution is -0.159. The molecule has 3 aromatic carbocycles. The lowest BCUT2D eigenvalue weighted by atomic mass is 9.90. The second-order valence-corrected chi connectivity index (χ2v) is 8.14. The van der Waals surface area contributed by atoms with E-state index in [9.17, 15) is 4.79 Å². The third-order valence-electron chi connectivity index (χ3n) is 5.55. The molecule has 2 aliphatic rings. The Morgan fingerprint density at radius 1 is 1.06 bits per heavy atom. The van der Waals surface area contributed by atoms with E-state index in [4.69, 9.17) is 34.0 Å². The van der Waals surface area contributed by atoms with Gasteiger partial charge in [0.2, 0.25) is 6.79 Å². The van der Waals surface area contributed by atoms with Gasteiger partial charge >= 0.3 is 11.9 Å². The fourth-order valence-electron chi connectivity index (χ4n) is 3.93. The molecule has 0 spiro atoms. The summed E-state index contributed by atoms with van der Waals surface area (Å²) in [5.41, 5.74) is 3.75. The number of rotatable bonds is 5. The van der Waals surface area contributed by atoms with Crippen LogP contribution < -0.4 is 19.5 Å². The largest absolute Gasteiger partial charge is 0.492 e. The molecule has 0 aromatic heterocycles. The van der Waals surface area contributed by atoms with E-state index in [1.165, 1.54) is 0 Å². The van der Waals surface area contributed by atoms with Gasteiger partial charge in [0, 0.05) is 24.0 Å². The number of likely N-dealkylation sites (N-methyl/N-ethyl adjacent to an activating group) is 1. The molecule has 35 heavy (non-hydrogen) atoms. The third-order valence-corrected chi connectivity index (χ3v) is 5.55. The zero-order chi connectivity index (χ0) is 25.1. The number of carboxylic acids is 2. The Morgan fingerprint density at radius 3 is 2.43 bits per heavy atom. The molecule has 3 N–H and O–H groups in total. The highest BCUT2D eigenvalue weighted by atomic mass is 16.7. The number of amides is 1. The maximum atomic E-state index is 12.4. The Balaban J connectivity index is 0.000000431. The summed E-state index contributed by atoms with van der Waals surface area (Å²) < 4.78 is 17.2. The summed E-state index contributed by atoms with van der Waals surface area (Å²) in [6, 6.07) is 13.8. The molecule has 0 saturated carbocycles. The maximum absolute atomic E-state index is 12.4. The third kappa shape index (κ3) is 4.97. The fourth-order valence-corrected chi connectivity index (χ4v) is 3.93. The standard InChI is InChI=1S/C23H22N2O4.C2H2O4/c1-25(2)9-10-27-16-6-3-14(4-7-16)20-18-12-24-23(26)17(18)11-15-5-8-19-22(21(15)20)29-13-28-19;3-1(4)2(5)6/h3-8,11H,9-10,12-13H2,1-2H3,(H,24,26);(H,3,4)(H,5,6). The summed E-state index contributed by atoms with van der Waals surface area (Å²) in [6.45, 7) is 2.20. The second kappa shape index (κ2) is 9.90. The van der Waals surface area contributed by atoms with Crippen LogP contribution in [0.3, 0.4) is 0 Å². The van der Waals surface area contributed by atoms with Crippen molar-refractivity contribution >= 4 is 28.6 Å². The van der Waals surface area contributed by atoms with Gasteiger partial charge in [-0.05, 0) is 60.4 Å². The molecule has 3 aromatic rings. The highest BCUT2D eigenvalue weighted by Gasteiger charge is 2.28. The van der Waals surface area contributed by atoms with E-state index < -0.39 is 11.9 Å². The first-order chi connectivity index (χ1) is 16.8. The van der Waals surface area contributed by atoms with Crippen molar-refractivity contribution in [2.75, 3.05) is 34.0 Å². The van der Waals surface area contributed by atoms with E-state index in [2.05, 4.69) is 10.2 Å². The molecule has 1 amide bonds. The van der Waals surface area contributed by atoms with Gasteiger partial charge in [0.15, 0.2) is 11.5 Å². The number of carboxylic acid groups (broad SMARTS) is 2. The van der Waals surface area contributed by atoms with Crippen LogP contribution in [0, 0.1) is 0 Å². The van der Waals surface area contributed by atoms with E-state index in [-0.39, 0.29) is 12.7 Å². The Bertz CT molecular complexity index is 1290. The molecule has 0 unspecified atom stereocenters. The van der Waals surface area contributed by atoms with Gasteiger partial charge in [0.25, 0.3) is 5.91 Å². The summed E-state index contributed by atoms with van der Waals surface area (Å²) in [5.74, 6) is -1.38. The zero-order valence-corrected chi connectivity index (χ0v) is 19.2. The Kier molecular flexibility index (Phi) is 6.74. The molecule has 10 nitrogen and oxygen atoms in total. The number of benzene rings is 3. The normalized spacial score (nSPS) is 13.2. The molecule has 182 valence electrons. The first kappa shape index (κ1) is 23.8. The van der Waals surface area contributed by atoms with E-state index in [1.54, 1.807) is 0 Å². The molecule has 5 rings (SSSR count). The van der Waals surface area contributed by atoms with Gasteiger partial charge in [-0.2, -0.15) is 0 Å². The van der Waals surface area contributed by atoms with Crippen LogP contribution in [0.1, 0.15) is 15.9 Å². The molecule has 0 atom stereocenters. The monoisotopic (exact) mass is 480 g/mol. The molecule has 0 saturated heterocycles. The maximum Gasteiger partial charge on any atom is 0.414 e. The van der Waals surface area contributed by atoms with E-state index >= 15 is 0 Å². The minimum atomic E-state index is -1.82. The van der Waals surface area contributed by atoms with Gasteiger partial charge in [0.05, 0.1) is 0 Å². The highest BCUT2D eigenvalue weighted by Crippen LogP contribution is 2.46. The number of fused-ring (bicyclic) bond motifs is 4. The molecule has 2 heterocycles. The van der Waals surface area contributed by atoms with Crippen molar-refractivity contribution in [3.63, 3.8) is 0 Å². The molecule has 0 fully saturated rings. The number of nitrogens with one attached hydrogen (secondary N) is 1. The smallest absolute Gasteiger partial charge is 0.414 e. The number of hydrogen-bond donors (Lipinski definition) is 3. The molecule has 0 aliphatic carbocycles. The minimum absolute atomic E-state index is 0.0375. The van der Waals surface area contributed by atoms with Crippen LogP contribution in [0.2, 0.25) is 0 Å². The molecule has 0 radical (unpaired) electrons. The average Bonchev–Trinajstić information content (AvgIpc) is 3.45. The molecular weight excluding hydrogens is 456 g/mol. The van der Waals surface area contributed by atoms with E-state index in [1.807, 2.05) is 56.6 Å². The number of aliphatic carboxylic acids is 2. The topological polar surface area (TPSA) is 135 Å². The number of nitrogens with zero attached hydrogens (tertiary/aromatic N) is 1. The molecule has 2 aliphatic heterocycles. The van der Waals surface area contributed by atoms with Crippen LogP contribution in [0.15, 0.2) is 42.5 Å². The van der Waals surface area contributed by atoms with Crippen molar-refractivity contribution in [3.05, 3.63) is 53.6 Å². The lowest BCUT2D eigenvalue weighted by Gasteiger charge is -2.15. The van der Waals surface area contributed by atoms with E-state index in [0.29, 0.717) is 13.2 Å². The number of hydrogen-bond acceptors (Lipinski definition) is 7. The summed E-state index contributed by atoms with van der Waals surface area (Å²) >= 11 is 0. The Labute approximate surface area is 200 Å². The predicted octanol–water partition coefficient (Wildman–Crippen LogP) is 2.57. The fraction of sp³-hybridized carbons (Fsp3) is 0.240. The van der Waals surface area contributed by atoms with Crippen LogP contribution in [0.5, 0.6) is 17.2 Å². The van der Waals surface area contributed by atoms with Crippen molar-refractivity contribution < 1.29 is 38.8 Å². The van der Waals surface area contributed by atoms with Crippen molar-refractivity contribution in [2.45, 2.75) is 6.54 Å². The summed E-state index contributed by atoms with van der Waals surface area (Å²) in [6.07, 6.45) is 0. The summed E-state index contributed by atoms with van der Waals surface area (Å²) in [7, 11) is 4.04. The number of carbonyl (C=O) groups excluding carboxylic acids is 1. The van der Waals surface area contributed by atoms with Gasteiger partial charge in [-0.1, -0.05) is 18.2 Å². The van der Waals surface area contributed by atoms with Crippen molar-refractivity contribution in [3.8, 4) is 28.4 Å². The van der Waals surface area contributed by atoms with Crippen molar-refractivity contribution in [1.82, 2.24) is 10.2 Å². The Morgan fingerprint density at radius 2 is 1.77 bits per heavy atom. The van der Waals surface area contributed by atoms with Crippen LogP contribution in [0.25, 0.3) is 21.9 Å². The number of carbonyl (C=O) groups is 3. The summed E-state index contributed by atoms with van der Waals surface area (Å²) in [4.78, 5) is 32.6. The number of ether oxygens (including phenoxy) is 3. The predicted molar refractivity (Wildman–Crippen MR) is 126 cm³/mol. The van der Waals surface area contributed by atoms with Crippen LogP contribution in [0.4, 0.5) is 0 Å². The van der Waals surface area contributed by atoms with Crippen LogP contribution >= 0.6 is 0 Å². The van der Waals surface area contributed by atoms with Crippen LogP contribution in [-0.2, 0) is 16.1 Å². The quantitative estimate of drug-likeness (QED) is 0.471. The van der Waals surface area contributed by atoms with Crippen molar-refractivity contribution in [1.29, 1.82) is 0 Å². The zero-order valence-electron chi connectivity index (χ0n) is 19.2. The first-order valence-corrected chi connectivity index (χ1v) is 10.8. The molecular formula is C25H24N2O8. The minimum Gasteiger partial charge on any atom is -0.492 e. The lowest BCUT2D eigenvalue weighted by Crippen LogP contribution is -2.19. The van der Waals surface area contributed by atoms with Gasteiger partial charge in [-0.3, -0.25) is 4.79 Å². The highest BCUT2D eigenvalue weighted by molar-refractivity contribution is 6.27. The molecule has 0 bridgehead atoms. The van der Waals surface area contributed by atoms with Gasteiger partial charge < -0.3 is 34.6 Å². The van der Waals surface area contributed by atoms with Gasteiger partial charge in [-0.15, -0.1) is 0 Å². The molecule has 10 heteroatoms. The van der Waals surface area contributed by atoms with Crippen LogP contribution in [-0.4, -0.2) is 67.0 Å². The van der Waals surface area contributed by atoms with E-state index in [0.717, 1.165) is 56.8 Å². The van der Waals surface area contributed by atoms with Gasteiger partial charge in [0.1, 0.15) is 12.4 Å². The summed E-state index contributed by atoms with van der Waals surface area (Å²) in [5, 5.41) is 19.7. The average molecular weight is 480 g/mol. The van der Waals surface area contributed by atoms with Gasteiger partial charge in [-0.25, -0.2) is 9.59 Å². The SMILES string of the molecule is CN(C)CCOc1ccc(-c2c3c(cc4ccc5c(c24)OCO5)C(=O)NC3)cc1.O=C(O)C(=O)O. The Hall–Kier alpha value is -4.31. The first-order valence-electron chi connectivity index (χ1n) is 10.8. The second-order valence-electron chi connectivity index (χ2n) is 8.14. The van der Waals surface area contributed by atoms with Crippen molar-refractivity contribution in [2.24, 2.45) is 0 Å².